The molecule has 236 valence electrons. The van der Waals surface area contributed by atoms with Crippen LogP contribution in [0.25, 0.3) is 0 Å². The second-order valence-corrected chi connectivity index (χ2v) is 11.9. The number of piperidine rings is 1. The molecule has 15 heteroatoms. The van der Waals surface area contributed by atoms with Crippen LogP contribution in [0.15, 0.2) is 24.4 Å². The number of aromatic nitrogens is 2. The zero-order chi connectivity index (χ0) is 30.8. The largest absolute Gasteiger partial charge is 1.00 e. The predicted molar refractivity (Wildman–Crippen MR) is 159 cm³/mol. The van der Waals surface area contributed by atoms with Crippen molar-refractivity contribution in [1.29, 1.82) is 0 Å². The van der Waals surface area contributed by atoms with Crippen LogP contribution < -0.4 is 34.2 Å². The van der Waals surface area contributed by atoms with Crippen LogP contribution in [-0.4, -0.2) is 97.9 Å². The van der Waals surface area contributed by atoms with Crippen molar-refractivity contribution in [1.82, 2.24) is 28.8 Å². The molecular weight excluding hydrogens is 576 g/mol. The monoisotopic (exact) mass is 618 g/mol. The second kappa shape index (κ2) is 17.5. The van der Waals surface area contributed by atoms with Gasteiger partial charge < -0.3 is 34.3 Å². The fourth-order valence-electron chi connectivity index (χ4n) is 4.83. The number of hydrogen-bond acceptors (Lipinski definition) is 8. The van der Waals surface area contributed by atoms with Crippen molar-refractivity contribution in [3.63, 3.8) is 0 Å². The molecule has 1 aromatic heterocycles. The number of hydrogen-bond donors (Lipinski definition) is 3. The molecule has 0 spiro atoms. The molecule has 0 amide bonds. The van der Waals surface area contributed by atoms with E-state index in [-0.39, 0.29) is 43.7 Å². The molecule has 0 bridgehead atoms. The summed E-state index contributed by atoms with van der Waals surface area (Å²) in [5.41, 5.74) is 0.630. The number of likely N-dealkylation sites (tertiary alicyclic amines) is 1. The summed E-state index contributed by atoms with van der Waals surface area (Å²) < 4.78 is 67.0. The third-order valence-corrected chi connectivity index (χ3v) is 8.93. The molecule has 0 unspecified atom stereocenters. The van der Waals surface area contributed by atoms with E-state index < -0.39 is 21.9 Å². The maximum absolute atomic E-state index is 13.3. The van der Waals surface area contributed by atoms with Gasteiger partial charge in [-0.1, -0.05) is 19.0 Å². The van der Waals surface area contributed by atoms with Gasteiger partial charge in [-0.3, -0.25) is 0 Å². The zero-order valence-corrected chi connectivity index (χ0v) is 26.2. The van der Waals surface area contributed by atoms with E-state index in [1.54, 1.807) is 18.2 Å². The van der Waals surface area contributed by atoms with E-state index in [9.17, 15) is 21.6 Å². The minimum Gasteiger partial charge on any atom is -0.369 e. The first-order chi connectivity index (χ1) is 20.0. The minimum absolute atomic E-state index is 0. The van der Waals surface area contributed by atoms with Crippen molar-refractivity contribution in [2.75, 3.05) is 70.0 Å². The molecule has 2 aromatic rings. The first-order valence-electron chi connectivity index (χ1n) is 14.2. The van der Waals surface area contributed by atoms with Gasteiger partial charge in [-0.05, 0) is 39.4 Å². The summed E-state index contributed by atoms with van der Waals surface area (Å²) in [6.45, 7) is 15.0. The van der Waals surface area contributed by atoms with Crippen molar-refractivity contribution in [3.05, 3.63) is 55.4 Å². The van der Waals surface area contributed by atoms with Gasteiger partial charge in [0.1, 0.15) is 11.4 Å². The van der Waals surface area contributed by atoms with E-state index in [0.29, 0.717) is 31.6 Å². The van der Waals surface area contributed by atoms with Crippen LogP contribution in [0.4, 0.5) is 30.6 Å². The fourth-order valence-corrected chi connectivity index (χ4v) is 6.06. The average Bonchev–Trinajstić information content (AvgIpc) is 3.30. The van der Waals surface area contributed by atoms with Gasteiger partial charge >= 0.3 is 25.0 Å². The number of alkyl halides is 3. The van der Waals surface area contributed by atoms with Gasteiger partial charge in [-0.15, -0.1) is 24.7 Å². The third-order valence-electron chi connectivity index (χ3n) is 7.31. The van der Waals surface area contributed by atoms with Crippen molar-refractivity contribution < 1.29 is 40.4 Å². The van der Waals surface area contributed by atoms with Crippen LogP contribution >= 0.6 is 0 Å². The second-order valence-electron chi connectivity index (χ2n) is 10.2. The molecule has 10 nitrogen and oxygen atoms in total. The molecule has 2 saturated heterocycles. The van der Waals surface area contributed by atoms with E-state index in [1.807, 2.05) is 6.92 Å². The van der Waals surface area contributed by atoms with Gasteiger partial charge in [-0.2, -0.15) is 49.1 Å². The van der Waals surface area contributed by atoms with Crippen LogP contribution in [0, 0.1) is 19.9 Å². The molecule has 4 rings (SSSR count). The van der Waals surface area contributed by atoms with Crippen molar-refractivity contribution in [3.8, 4) is 0 Å². The summed E-state index contributed by atoms with van der Waals surface area (Å²) in [5.74, 6) is -0.333. The van der Waals surface area contributed by atoms with Crippen LogP contribution in [0.2, 0.25) is 0 Å². The van der Waals surface area contributed by atoms with E-state index in [1.165, 1.54) is 30.2 Å². The fraction of sp³-hybridized carbons (Fsp3) is 0.571. The molecule has 1 aromatic carbocycles. The number of benzene rings is 1. The van der Waals surface area contributed by atoms with Crippen LogP contribution in [0.1, 0.15) is 37.3 Å². The van der Waals surface area contributed by atoms with E-state index in [2.05, 4.69) is 62.1 Å². The van der Waals surface area contributed by atoms with Crippen LogP contribution in [0.5, 0.6) is 0 Å². The standard InChI is InChI=1S/C18H22F3N6O2S.C10H20N2.Li/c1-2-13-6-3-4-7-15(13)25-17-23-12-14(18(19,20)21)16(26-17)22-8-5-10-27-11-9-24-30(27,28)29;1-4-12(5-2)10-6-8-11(3)9-7-10;/h4,6-7,12,24H,2,5,8-11H2,1H3,(H2,22,23,25,26);10H,1-2,4-9H2,3H3;/q-1;-2;+1. The summed E-state index contributed by atoms with van der Waals surface area (Å²) in [6.07, 6.45) is -0.311. The Morgan fingerprint density at radius 2 is 1.91 bits per heavy atom. The minimum atomic E-state index is -4.63. The number of nitrogens with zero attached hydrogens (tertiary/aromatic N) is 5. The quantitative estimate of drug-likeness (QED) is 0.191. The predicted octanol–water partition coefficient (Wildman–Crippen LogP) is 0.608. The maximum atomic E-state index is 13.3. The molecule has 2 aliphatic rings. The molecule has 0 radical (unpaired) electrons. The molecule has 3 N–H and O–H groups in total. The van der Waals surface area contributed by atoms with Gasteiger partial charge in [0.25, 0.3) is 10.2 Å². The van der Waals surface area contributed by atoms with Gasteiger partial charge in [0, 0.05) is 38.4 Å². The Hall–Kier alpha value is -1.92. The number of anilines is 3. The molecule has 0 atom stereocenters. The van der Waals surface area contributed by atoms with Crippen LogP contribution in [-0.2, 0) is 22.8 Å². The van der Waals surface area contributed by atoms with Gasteiger partial charge in [0.15, 0.2) is 0 Å². The Labute approximate surface area is 266 Å². The molecule has 0 saturated carbocycles. The SMILES string of the molecule is CCc1c[c-]ccc1Nc1ncc(C(F)(F)F)c(NCCCN2CCNS2(=O)=O)n1.[CH2-]CN(C[CH2-])C1CCN(C)CC1.[Li+]. The first kappa shape index (κ1) is 37.3. The normalized spacial score (nSPS) is 17.7. The summed E-state index contributed by atoms with van der Waals surface area (Å²) in [6, 6.07) is 8.90. The zero-order valence-electron chi connectivity index (χ0n) is 25.4. The Balaban J connectivity index is 0.000000418. The smallest absolute Gasteiger partial charge is 0.369 e. The van der Waals surface area contributed by atoms with E-state index in [4.69, 9.17) is 0 Å². The Kier molecular flexibility index (Phi) is 15.2. The number of aryl methyl sites for hydroxylation is 1. The van der Waals surface area contributed by atoms with Crippen LogP contribution in [0.3, 0.4) is 0 Å². The average molecular weight is 619 g/mol. The molecule has 2 aliphatic heterocycles. The van der Waals surface area contributed by atoms with Crippen molar-refractivity contribution in [2.45, 2.75) is 44.8 Å². The topological polar surface area (TPSA) is 106 Å². The van der Waals surface area contributed by atoms with E-state index in [0.717, 1.165) is 30.9 Å². The Bertz CT molecular complexity index is 1230. The Morgan fingerprint density at radius 1 is 1.21 bits per heavy atom. The van der Waals surface area contributed by atoms with Gasteiger partial charge in [-0.25, -0.2) is 9.71 Å². The summed E-state index contributed by atoms with van der Waals surface area (Å²) in [4.78, 5) is 12.6. The molecule has 43 heavy (non-hydrogen) atoms. The maximum Gasteiger partial charge on any atom is 1.00 e. The van der Waals surface area contributed by atoms with Crippen molar-refractivity contribution >= 4 is 27.7 Å². The van der Waals surface area contributed by atoms with Crippen molar-refractivity contribution in [2.24, 2.45) is 0 Å². The molecule has 0 aliphatic carbocycles. The number of halogens is 3. The number of nitrogens with one attached hydrogen (secondary N) is 3. The molecule has 2 fully saturated rings. The van der Waals surface area contributed by atoms with E-state index >= 15 is 0 Å². The third kappa shape index (κ3) is 11.2. The Morgan fingerprint density at radius 3 is 2.49 bits per heavy atom. The summed E-state index contributed by atoms with van der Waals surface area (Å²) in [7, 11) is -1.28. The number of rotatable bonds is 11. The summed E-state index contributed by atoms with van der Waals surface area (Å²) >= 11 is 0. The summed E-state index contributed by atoms with van der Waals surface area (Å²) in [5, 5.41) is 5.61. The van der Waals surface area contributed by atoms with Gasteiger partial charge in [0.2, 0.25) is 5.95 Å². The molecular formula is C28H42F3LiN8O2S-2. The first-order valence-corrected chi connectivity index (χ1v) is 15.6. The molecule has 3 heterocycles. The van der Waals surface area contributed by atoms with Gasteiger partial charge in [0.05, 0.1) is 0 Å².